The average molecular weight is 449 g/mol. The van der Waals surface area contributed by atoms with E-state index in [2.05, 4.69) is 28.3 Å². The molecule has 14 nitrogen and oxygen atoms in total. The highest BCUT2D eigenvalue weighted by molar-refractivity contribution is 7.80. The van der Waals surface area contributed by atoms with Crippen molar-refractivity contribution >= 4 is 48.2 Å². The molecule has 0 aromatic carbocycles. The third-order valence-corrected chi connectivity index (χ3v) is 3.95. The van der Waals surface area contributed by atoms with Gasteiger partial charge in [0.05, 0.1) is 19.0 Å². The minimum atomic E-state index is -1.52. The summed E-state index contributed by atoms with van der Waals surface area (Å²) >= 11 is 3.98. The first kappa shape index (κ1) is 26.9. The maximum absolute atomic E-state index is 12.1. The van der Waals surface area contributed by atoms with Gasteiger partial charge in [0.2, 0.25) is 23.6 Å². The highest BCUT2D eigenvalue weighted by Crippen LogP contribution is 1.98. The molecule has 0 aromatic heterocycles. The molecule has 0 spiro atoms. The van der Waals surface area contributed by atoms with Gasteiger partial charge in [-0.1, -0.05) is 0 Å². The summed E-state index contributed by atoms with van der Waals surface area (Å²) in [5, 5.41) is 15.6. The molecule has 3 atom stereocenters. The maximum atomic E-state index is 12.1. The molecule has 0 aliphatic rings. The molecule has 15 heteroatoms. The van der Waals surface area contributed by atoms with Crippen molar-refractivity contribution in [3.63, 3.8) is 0 Å². The van der Waals surface area contributed by atoms with Gasteiger partial charge in [0, 0.05) is 12.3 Å². The Kier molecular flexibility index (Phi) is 12.6. The molecule has 3 unspecified atom stereocenters. The normalized spacial score (nSPS) is 13.3. The predicted octanol–water partition coefficient (Wildman–Crippen LogP) is -4.66. The van der Waals surface area contributed by atoms with Gasteiger partial charge in [0.25, 0.3) is 0 Å². The molecular weight excluding hydrogens is 420 g/mol. The number of primary amides is 1. The van der Waals surface area contributed by atoms with E-state index in [0.29, 0.717) is 13.0 Å². The molecule has 170 valence electrons. The van der Waals surface area contributed by atoms with Crippen molar-refractivity contribution in [1.82, 2.24) is 16.0 Å². The molecule has 0 aliphatic heterocycles. The molecule has 0 heterocycles. The standard InChI is InChI=1S/C15H28N8O6S/c16-7(2-1-3-20-15(18)19)12(26)23-9(6-30)13(27)21-5-11(25)22-8(14(28)29)4-10(17)24/h7-9,30H,1-6,16H2,(H2,17,24)(H,21,27)(H,22,25)(H,23,26)(H,28,29)(H4,18,19,20). The van der Waals surface area contributed by atoms with E-state index in [-0.39, 0.29) is 18.1 Å². The lowest BCUT2D eigenvalue weighted by atomic mass is 10.1. The summed E-state index contributed by atoms with van der Waals surface area (Å²) < 4.78 is 0. The summed E-state index contributed by atoms with van der Waals surface area (Å²) in [4.78, 5) is 61.6. The van der Waals surface area contributed by atoms with Gasteiger partial charge in [-0.3, -0.25) is 24.2 Å². The molecule has 0 fully saturated rings. The summed E-state index contributed by atoms with van der Waals surface area (Å²) in [5.74, 6) is -4.74. The number of nitrogens with zero attached hydrogens (tertiary/aromatic N) is 1. The van der Waals surface area contributed by atoms with Crippen molar-refractivity contribution < 1.29 is 29.1 Å². The number of thiol groups is 1. The summed E-state index contributed by atoms with van der Waals surface area (Å²) in [6.07, 6.45) is 0.105. The van der Waals surface area contributed by atoms with Gasteiger partial charge in [0.15, 0.2) is 5.96 Å². The van der Waals surface area contributed by atoms with Crippen LogP contribution in [-0.2, 0) is 24.0 Å². The number of carboxylic acids is 1. The second kappa shape index (κ2) is 14.0. The quantitative estimate of drug-likeness (QED) is 0.0534. The number of nitrogens with one attached hydrogen (secondary N) is 3. The van der Waals surface area contributed by atoms with Crippen LogP contribution in [-0.4, -0.2) is 77.6 Å². The number of guanidine groups is 1. The van der Waals surface area contributed by atoms with Gasteiger partial charge in [-0.15, -0.1) is 0 Å². The third kappa shape index (κ3) is 11.7. The Labute approximate surface area is 178 Å². The number of hydrogen-bond acceptors (Lipinski definition) is 8. The van der Waals surface area contributed by atoms with E-state index >= 15 is 0 Å². The Balaban J connectivity index is 4.53. The van der Waals surface area contributed by atoms with E-state index in [0.717, 1.165) is 0 Å². The number of hydrogen-bond donors (Lipinski definition) is 9. The lowest BCUT2D eigenvalue weighted by Gasteiger charge is -2.19. The molecule has 4 amide bonds. The van der Waals surface area contributed by atoms with Gasteiger partial charge >= 0.3 is 5.97 Å². The topological polar surface area (TPSA) is 258 Å². The van der Waals surface area contributed by atoms with E-state index in [1.807, 2.05) is 5.32 Å². The van der Waals surface area contributed by atoms with Crippen molar-refractivity contribution in [2.45, 2.75) is 37.4 Å². The monoisotopic (exact) mass is 448 g/mol. The second-order valence-corrected chi connectivity index (χ2v) is 6.51. The van der Waals surface area contributed by atoms with Crippen molar-refractivity contribution in [2.75, 3.05) is 18.8 Å². The number of nitrogens with two attached hydrogens (primary N) is 4. The lowest BCUT2D eigenvalue weighted by molar-refractivity contribution is -0.143. The fraction of sp³-hybridized carbons (Fsp3) is 0.600. The van der Waals surface area contributed by atoms with Gasteiger partial charge < -0.3 is 44.0 Å². The van der Waals surface area contributed by atoms with Gasteiger partial charge in [-0.25, -0.2) is 4.79 Å². The van der Waals surface area contributed by atoms with Crippen LogP contribution in [0.25, 0.3) is 0 Å². The summed E-state index contributed by atoms with van der Waals surface area (Å²) in [7, 11) is 0. The molecular formula is C15H28N8O6S. The highest BCUT2D eigenvalue weighted by Gasteiger charge is 2.25. The fourth-order valence-electron chi connectivity index (χ4n) is 2.06. The van der Waals surface area contributed by atoms with E-state index < -0.39 is 60.7 Å². The van der Waals surface area contributed by atoms with Gasteiger partial charge in [0.1, 0.15) is 12.1 Å². The number of amides is 4. The Bertz CT molecular complexity index is 670. The Morgan fingerprint density at radius 3 is 2.13 bits per heavy atom. The Hall–Kier alpha value is -3.07. The Morgan fingerprint density at radius 1 is 1.00 bits per heavy atom. The summed E-state index contributed by atoms with van der Waals surface area (Å²) in [6, 6.07) is -3.52. The van der Waals surface area contributed by atoms with Crippen LogP contribution < -0.4 is 38.9 Å². The van der Waals surface area contributed by atoms with Gasteiger partial charge in [-0.05, 0) is 12.8 Å². The maximum Gasteiger partial charge on any atom is 0.326 e. The van der Waals surface area contributed by atoms with Crippen LogP contribution >= 0.6 is 12.6 Å². The largest absolute Gasteiger partial charge is 0.480 e. The molecule has 0 saturated carbocycles. The number of carbonyl (C=O) groups excluding carboxylic acids is 4. The SMILES string of the molecule is NC(=O)CC(NC(=O)CNC(=O)C(CS)NC(=O)C(N)CCCN=C(N)N)C(=O)O. The zero-order valence-corrected chi connectivity index (χ0v) is 17.1. The second-order valence-electron chi connectivity index (χ2n) is 6.15. The first-order valence-corrected chi connectivity index (χ1v) is 9.41. The van der Waals surface area contributed by atoms with E-state index in [1.54, 1.807) is 0 Å². The van der Waals surface area contributed by atoms with Crippen molar-refractivity contribution in [3.05, 3.63) is 0 Å². The third-order valence-electron chi connectivity index (χ3n) is 3.58. The van der Waals surface area contributed by atoms with Crippen molar-refractivity contribution in [1.29, 1.82) is 0 Å². The summed E-state index contributed by atoms with van der Waals surface area (Å²) in [6.45, 7) is -0.298. The first-order chi connectivity index (χ1) is 14.0. The molecule has 30 heavy (non-hydrogen) atoms. The molecule has 0 bridgehead atoms. The smallest absolute Gasteiger partial charge is 0.326 e. The van der Waals surface area contributed by atoms with Crippen molar-refractivity contribution in [2.24, 2.45) is 27.9 Å². The number of carbonyl (C=O) groups is 5. The molecule has 12 N–H and O–H groups in total. The number of carboxylic acid groups (broad SMARTS) is 1. The fourth-order valence-corrected chi connectivity index (χ4v) is 2.32. The van der Waals surface area contributed by atoms with Crippen LogP contribution in [0.1, 0.15) is 19.3 Å². The zero-order chi connectivity index (χ0) is 23.3. The molecule has 0 radical (unpaired) electrons. The van der Waals surface area contributed by atoms with Crippen LogP contribution in [0, 0.1) is 0 Å². The van der Waals surface area contributed by atoms with Crippen LogP contribution in [0.15, 0.2) is 4.99 Å². The van der Waals surface area contributed by atoms with Crippen LogP contribution in [0.2, 0.25) is 0 Å². The average Bonchev–Trinajstić information content (AvgIpc) is 2.65. The number of aliphatic imine (C=N–C) groups is 1. The van der Waals surface area contributed by atoms with Crippen molar-refractivity contribution in [3.8, 4) is 0 Å². The van der Waals surface area contributed by atoms with E-state index in [9.17, 15) is 24.0 Å². The molecule has 0 saturated heterocycles. The van der Waals surface area contributed by atoms with E-state index in [1.165, 1.54) is 0 Å². The lowest BCUT2D eigenvalue weighted by Crippen LogP contribution is -2.54. The van der Waals surface area contributed by atoms with Crippen LogP contribution in [0.5, 0.6) is 0 Å². The molecule has 0 rings (SSSR count). The summed E-state index contributed by atoms with van der Waals surface area (Å²) in [5.41, 5.74) is 21.0. The van der Waals surface area contributed by atoms with Crippen LogP contribution in [0.4, 0.5) is 0 Å². The van der Waals surface area contributed by atoms with E-state index in [4.69, 9.17) is 28.0 Å². The zero-order valence-electron chi connectivity index (χ0n) is 16.2. The minimum absolute atomic E-state index is 0.0758. The first-order valence-electron chi connectivity index (χ1n) is 8.78. The van der Waals surface area contributed by atoms with Gasteiger partial charge in [-0.2, -0.15) is 12.6 Å². The minimum Gasteiger partial charge on any atom is -0.480 e. The predicted molar refractivity (Wildman–Crippen MR) is 110 cm³/mol. The van der Waals surface area contributed by atoms with Crippen LogP contribution in [0.3, 0.4) is 0 Å². The Morgan fingerprint density at radius 2 is 1.63 bits per heavy atom. The number of rotatable bonds is 14. The molecule has 0 aromatic rings. The number of aliphatic carboxylic acids is 1. The highest BCUT2D eigenvalue weighted by atomic mass is 32.1. The molecule has 0 aliphatic carbocycles.